The van der Waals surface area contributed by atoms with Crippen molar-refractivity contribution in [3.63, 3.8) is 0 Å². The molecule has 0 N–H and O–H groups in total. The second-order valence-electron chi connectivity index (χ2n) is 5.05. The van der Waals surface area contributed by atoms with Crippen LogP contribution in [0.4, 0.5) is 0 Å². The molecule has 0 bridgehead atoms. The molecule has 1 atom stereocenters. The van der Waals surface area contributed by atoms with Crippen LogP contribution >= 0.6 is 0 Å². The van der Waals surface area contributed by atoms with Crippen LogP contribution in [0.15, 0.2) is 18.5 Å². The number of hydrogen-bond donors (Lipinski definition) is 0. The van der Waals surface area contributed by atoms with Gasteiger partial charge in [-0.25, -0.2) is 0 Å². The van der Waals surface area contributed by atoms with E-state index in [-0.39, 0.29) is 11.9 Å². The number of aromatic nitrogens is 2. The van der Waals surface area contributed by atoms with Crippen molar-refractivity contribution in [2.75, 3.05) is 6.61 Å². The number of nitrogens with zero attached hydrogens (tertiary/aromatic N) is 2. The minimum absolute atomic E-state index is 0.00463. The Morgan fingerprint density at radius 2 is 2.15 bits per heavy atom. The third kappa shape index (κ3) is 3.44. The van der Waals surface area contributed by atoms with Crippen molar-refractivity contribution in [3.8, 4) is 0 Å². The zero-order valence-corrected chi connectivity index (χ0v) is 12.3. The Balaban J connectivity index is 2.10. The Morgan fingerprint density at radius 1 is 1.35 bits per heavy atom. The maximum atomic E-state index is 11.7. The molecule has 0 aliphatic heterocycles. The van der Waals surface area contributed by atoms with E-state index in [1.807, 2.05) is 6.92 Å². The smallest absolute Gasteiger partial charge is 0.309 e. The molecule has 1 aliphatic carbocycles. The molecule has 2 rings (SSSR count). The van der Waals surface area contributed by atoms with Crippen LogP contribution in [-0.2, 0) is 16.0 Å². The number of carbonyl (C=O) groups is 1. The molecule has 0 fully saturated rings. The standard InChI is InChI=1S/C16H22N2O2/c1-3-5-14-15(18-11-10-17-14)12-6-8-13(9-7-12)16(19)20-4-2/h6,10-11,13H,3-5,7-9H2,1-2H3. The molecule has 1 aliphatic rings. The van der Waals surface area contributed by atoms with Gasteiger partial charge in [-0.3, -0.25) is 14.8 Å². The molecule has 20 heavy (non-hydrogen) atoms. The predicted octanol–water partition coefficient (Wildman–Crippen LogP) is 3.18. The first kappa shape index (κ1) is 14.7. The molecule has 4 heteroatoms. The topological polar surface area (TPSA) is 52.1 Å². The summed E-state index contributed by atoms with van der Waals surface area (Å²) in [5, 5.41) is 0. The Kier molecular flexibility index (Phi) is 5.27. The summed E-state index contributed by atoms with van der Waals surface area (Å²) in [5.74, 6) is -0.0688. The molecule has 1 aromatic rings. The summed E-state index contributed by atoms with van der Waals surface area (Å²) in [6.45, 7) is 4.44. The summed E-state index contributed by atoms with van der Waals surface area (Å²) in [6, 6.07) is 0. The van der Waals surface area contributed by atoms with Gasteiger partial charge in [0.2, 0.25) is 0 Å². The van der Waals surface area contributed by atoms with Gasteiger partial charge < -0.3 is 4.74 Å². The highest BCUT2D eigenvalue weighted by Gasteiger charge is 2.24. The van der Waals surface area contributed by atoms with Crippen molar-refractivity contribution >= 4 is 11.5 Å². The van der Waals surface area contributed by atoms with Crippen molar-refractivity contribution in [1.29, 1.82) is 0 Å². The van der Waals surface area contributed by atoms with Crippen LogP contribution in [0.25, 0.3) is 5.57 Å². The molecule has 1 unspecified atom stereocenters. The van der Waals surface area contributed by atoms with Gasteiger partial charge in [0.1, 0.15) is 0 Å². The van der Waals surface area contributed by atoms with Crippen molar-refractivity contribution in [2.24, 2.45) is 5.92 Å². The predicted molar refractivity (Wildman–Crippen MR) is 78.0 cm³/mol. The van der Waals surface area contributed by atoms with E-state index in [1.165, 1.54) is 5.57 Å². The highest BCUT2D eigenvalue weighted by molar-refractivity contribution is 5.75. The fourth-order valence-corrected chi connectivity index (χ4v) is 2.58. The highest BCUT2D eigenvalue weighted by Crippen LogP contribution is 2.31. The quantitative estimate of drug-likeness (QED) is 0.774. The Hall–Kier alpha value is -1.71. The molecule has 108 valence electrons. The van der Waals surface area contributed by atoms with Crippen molar-refractivity contribution in [1.82, 2.24) is 9.97 Å². The van der Waals surface area contributed by atoms with E-state index in [0.29, 0.717) is 6.61 Å². The minimum atomic E-state index is -0.0734. The van der Waals surface area contributed by atoms with Gasteiger partial charge in [0.25, 0.3) is 0 Å². The van der Waals surface area contributed by atoms with Gasteiger partial charge in [-0.05, 0) is 38.2 Å². The highest BCUT2D eigenvalue weighted by atomic mass is 16.5. The van der Waals surface area contributed by atoms with Gasteiger partial charge in [0.05, 0.1) is 23.9 Å². The zero-order chi connectivity index (χ0) is 14.4. The first-order valence-electron chi connectivity index (χ1n) is 7.42. The zero-order valence-electron chi connectivity index (χ0n) is 12.3. The molecular formula is C16H22N2O2. The molecule has 0 aromatic carbocycles. The van der Waals surface area contributed by atoms with Crippen LogP contribution in [0.1, 0.15) is 50.9 Å². The second kappa shape index (κ2) is 7.17. The van der Waals surface area contributed by atoms with Crippen LogP contribution in [0.5, 0.6) is 0 Å². The van der Waals surface area contributed by atoms with Crippen LogP contribution in [-0.4, -0.2) is 22.5 Å². The van der Waals surface area contributed by atoms with E-state index in [4.69, 9.17) is 4.74 Å². The maximum absolute atomic E-state index is 11.7. The molecule has 0 spiro atoms. The van der Waals surface area contributed by atoms with Gasteiger partial charge in [-0.15, -0.1) is 0 Å². The largest absolute Gasteiger partial charge is 0.466 e. The first-order chi connectivity index (χ1) is 9.76. The van der Waals surface area contributed by atoms with Crippen molar-refractivity contribution < 1.29 is 9.53 Å². The van der Waals surface area contributed by atoms with Crippen LogP contribution in [0.2, 0.25) is 0 Å². The third-order valence-electron chi connectivity index (χ3n) is 3.60. The van der Waals surface area contributed by atoms with E-state index in [1.54, 1.807) is 12.4 Å². The SMILES string of the molecule is CCCc1nccnc1C1=CCC(C(=O)OCC)CC1. The Morgan fingerprint density at radius 3 is 2.80 bits per heavy atom. The molecule has 0 amide bonds. The van der Waals surface area contributed by atoms with Gasteiger partial charge in [-0.2, -0.15) is 0 Å². The monoisotopic (exact) mass is 274 g/mol. The lowest BCUT2D eigenvalue weighted by Crippen LogP contribution is -2.20. The normalized spacial score (nSPS) is 18.5. The fraction of sp³-hybridized carbons (Fsp3) is 0.562. The lowest BCUT2D eigenvalue weighted by atomic mass is 9.87. The second-order valence-corrected chi connectivity index (χ2v) is 5.05. The summed E-state index contributed by atoms with van der Waals surface area (Å²) in [7, 11) is 0. The maximum Gasteiger partial charge on any atom is 0.309 e. The summed E-state index contributed by atoms with van der Waals surface area (Å²) in [5.41, 5.74) is 3.30. The van der Waals surface area contributed by atoms with E-state index in [2.05, 4.69) is 23.0 Å². The van der Waals surface area contributed by atoms with Crippen LogP contribution in [0, 0.1) is 5.92 Å². The molecular weight excluding hydrogens is 252 g/mol. The number of hydrogen-bond acceptors (Lipinski definition) is 4. The number of allylic oxidation sites excluding steroid dienone is 2. The number of rotatable bonds is 5. The lowest BCUT2D eigenvalue weighted by molar-refractivity contribution is -0.148. The lowest BCUT2D eigenvalue weighted by Gasteiger charge is -2.21. The molecule has 1 heterocycles. The number of ether oxygens (including phenoxy) is 1. The first-order valence-corrected chi connectivity index (χ1v) is 7.42. The average molecular weight is 274 g/mol. The number of esters is 1. The van der Waals surface area contributed by atoms with Crippen molar-refractivity contribution in [3.05, 3.63) is 29.9 Å². The van der Waals surface area contributed by atoms with E-state index >= 15 is 0 Å². The molecule has 4 nitrogen and oxygen atoms in total. The van der Waals surface area contributed by atoms with Crippen LogP contribution < -0.4 is 0 Å². The molecule has 0 saturated heterocycles. The summed E-state index contributed by atoms with van der Waals surface area (Å²) < 4.78 is 5.09. The average Bonchev–Trinajstić information content (AvgIpc) is 2.49. The van der Waals surface area contributed by atoms with Crippen LogP contribution in [0.3, 0.4) is 0 Å². The van der Waals surface area contributed by atoms with Crippen molar-refractivity contribution in [2.45, 2.75) is 46.0 Å². The minimum Gasteiger partial charge on any atom is -0.466 e. The summed E-state index contributed by atoms with van der Waals surface area (Å²) in [4.78, 5) is 20.6. The Labute approximate surface area is 120 Å². The molecule has 1 aromatic heterocycles. The number of aryl methyl sites for hydroxylation is 1. The van der Waals surface area contributed by atoms with E-state index < -0.39 is 0 Å². The fourth-order valence-electron chi connectivity index (χ4n) is 2.58. The third-order valence-corrected chi connectivity index (χ3v) is 3.60. The summed E-state index contributed by atoms with van der Waals surface area (Å²) in [6.07, 6.45) is 10.1. The number of carbonyl (C=O) groups excluding carboxylic acids is 1. The van der Waals surface area contributed by atoms with Gasteiger partial charge in [0.15, 0.2) is 0 Å². The van der Waals surface area contributed by atoms with Gasteiger partial charge >= 0.3 is 5.97 Å². The van der Waals surface area contributed by atoms with E-state index in [9.17, 15) is 4.79 Å². The van der Waals surface area contributed by atoms with Gasteiger partial charge in [0, 0.05) is 12.4 Å². The molecule has 0 radical (unpaired) electrons. The van der Waals surface area contributed by atoms with E-state index in [0.717, 1.165) is 43.5 Å². The molecule has 0 saturated carbocycles. The summed E-state index contributed by atoms with van der Waals surface area (Å²) >= 11 is 0. The van der Waals surface area contributed by atoms with Gasteiger partial charge in [-0.1, -0.05) is 19.4 Å². The Bertz CT molecular complexity index is 497.